The van der Waals surface area contributed by atoms with Crippen LogP contribution in [-0.4, -0.2) is 68.1 Å². The number of rotatable bonds is 32. The molecule has 5 aromatic carbocycles. The molecule has 0 saturated carbocycles. The Morgan fingerprint density at radius 2 is 0.630 bits per heavy atom. The minimum atomic E-state index is -0.552. The Labute approximate surface area is 434 Å². The third-order valence-corrected chi connectivity index (χ3v) is 13.3. The van der Waals surface area contributed by atoms with Crippen molar-refractivity contribution in [1.29, 1.82) is 0 Å². The number of hydrogen-bond acceptors (Lipinski definition) is 10. The van der Waals surface area contributed by atoms with Gasteiger partial charge in [-0.3, -0.25) is 4.79 Å². The highest BCUT2D eigenvalue weighted by Crippen LogP contribution is 2.25. The highest BCUT2D eigenvalue weighted by molar-refractivity contribution is 5.97. The molecule has 1 aliphatic heterocycles. The zero-order valence-electron chi connectivity index (χ0n) is 43.5. The maximum Gasteiger partial charge on any atom is 0.343 e. The summed E-state index contributed by atoms with van der Waals surface area (Å²) in [6.45, 7) is 8.10. The Balaban J connectivity index is 0.839. The van der Waals surface area contributed by atoms with Gasteiger partial charge in [0.2, 0.25) is 0 Å². The Morgan fingerprint density at radius 1 is 0.342 bits per heavy atom. The quantitative estimate of drug-likeness (QED) is 0.0234. The molecule has 0 aliphatic carbocycles. The minimum Gasteiger partial charge on any atom is -0.494 e. The summed E-state index contributed by atoms with van der Waals surface area (Å²) in [5.74, 6) is 0.995. The van der Waals surface area contributed by atoms with Crippen molar-refractivity contribution in [3.05, 3.63) is 144 Å². The van der Waals surface area contributed by atoms with Gasteiger partial charge in [-0.1, -0.05) is 129 Å². The zero-order valence-corrected chi connectivity index (χ0v) is 43.5. The fraction of sp³-hybridized carbons (Fsp3) is 0.452. The fourth-order valence-corrected chi connectivity index (χ4v) is 8.83. The van der Waals surface area contributed by atoms with Crippen molar-refractivity contribution in [3.63, 3.8) is 0 Å². The van der Waals surface area contributed by atoms with Crippen LogP contribution in [0.4, 0.5) is 5.69 Å². The van der Waals surface area contributed by atoms with Crippen LogP contribution in [0.1, 0.15) is 184 Å². The number of esters is 3. The van der Waals surface area contributed by atoms with Crippen molar-refractivity contribution in [2.75, 3.05) is 44.3 Å². The Bertz CT molecular complexity index is 2380. The molecular formula is C62H78N2O9. The fourth-order valence-electron chi connectivity index (χ4n) is 8.83. The van der Waals surface area contributed by atoms with E-state index in [0.717, 1.165) is 36.4 Å². The molecule has 73 heavy (non-hydrogen) atoms. The van der Waals surface area contributed by atoms with Crippen molar-refractivity contribution < 1.29 is 42.9 Å². The van der Waals surface area contributed by atoms with Crippen LogP contribution >= 0.6 is 0 Å². The second kappa shape index (κ2) is 31.8. The van der Waals surface area contributed by atoms with E-state index in [1.165, 1.54) is 121 Å². The van der Waals surface area contributed by atoms with Gasteiger partial charge in [0.05, 0.1) is 29.9 Å². The van der Waals surface area contributed by atoms with Gasteiger partial charge in [0.25, 0.3) is 5.91 Å². The smallest absolute Gasteiger partial charge is 0.343 e. The standard InChI is InChI=1S/C62H78N2O9/c1-3-5-7-9-11-13-15-17-19-21-47-69-54-35-39-57(40-36-54)72-60(66)50-25-23-49(24-26-50)59(65)64-45-43-63(44-46-64)53-31-33-56(34-32-53)71-61(67)51-27-29-52(30-28-51)62(68)73-58-41-37-55(38-42-58)70-48-22-20-18-16-14-12-10-8-6-4-2/h23-42H,3-22,43-48H2,1-2H3. The maximum absolute atomic E-state index is 13.4. The van der Waals surface area contributed by atoms with Gasteiger partial charge in [-0.15, -0.1) is 0 Å². The van der Waals surface area contributed by atoms with Gasteiger partial charge >= 0.3 is 17.9 Å². The SMILES string of the molecule is CCCCCCCCCCCCOc1ccc(OC(=O)c2ccc(C(=O)Oc3ccc(N4CCN(C(=O)c5ccc(C(=O)Oc6ccc(OCCCCCCCCCCCC)cc6)cc5)CC4)cc3)cc2)cc1. The van der Waals surface area contributed by atoms with Crippen molar-refractivity contribution in [2.24, 2.45) is 0 Å². The highest BCUT2D eigenvalue weighted by Gasteiger charge is 2.23. The van der Waals surface area contributed by atoms with Crippen molar-refractivity contribution in [1.82, 2.24) is 4.90 Å². The topological polar surface area (TPSA) is 121 Å². The van der Waals surface area contributed by atoms with Crippen LogP contribution in [-0.2, 0) is 0 Å². The van der Waals surface area contributed by atoms with Gasteiger partial charge in [0, 0.05) is 37.4 Å². The molecule has 5 aromatic rings. The minimum absolute atomic E-state index is 0.106. The Hall–Kier alpha value is -6.62. The lowest BCUT2D eigenvalue weighted by molar-refractivity contribution is 0.0720. The average Bonchev–Trinajstić information content (AvgIpc) is 3.42. The van der Waals surface area contributed by atoms with Gasteiger partial charge < -0.3 is 33.5 Å². The van der Waals surface area contributed by atoms with E-state index in [2.05, 4.69) is 18.7 Å². The van der Waals surface area contributed by atoms with E-state index in [0.29, 0.717) is 78.9 Å². The van der Waals surface area contributed by atoms with Crippen LogP contribution in [0.5, 0.6) is 28.7 Å². The van der Waals surface area contributed by atoms with Crippen LogP contribution in [0.25, 0.3) is 0 Å². The summed E-state index contributed by atoms with van der Waals surface area (Å²) in [5.41, 5.74) is 2.38. The normalized spacial score (nSPS) is 12.3. The molecule has 0 unspecified atom stereocenters. The van der Waals surface area contributed by atoms with E-state index in [-0.39, 0.29) is 5.91 Å². The number of carbonyl (C=O) groups is 4. The number of piperazine rings is 1. The summed E-state index contributed by atoms with van der Waals surface area (Å²) < 4.78 is 28.6. The van der Waals surface area contributed by atoms with Crippen LogP contribution < -0.4 is 28.6 Å². The predicted octanol–water partition coefficient (Wildman–Crippen LogP) is 14.9. The molecule has 11 nitrogen and oxygen atoms in total. The van der Waals surface area contributed by atoms with Crippen LogP contribution in [0.2, 0.25) is 0 Å². The number of hydrogen-bond donors (Lipinski definition) is 0. The molecule has 1 aliphatic rings. The monoisotopic (exact) mass is 995 g/mol. The van der Waals surface area contributed by atoms with E-state index >= 15 is 0 Å². The molecule has 1 heterocycles. The van der Waals surface area contributed by atoms with Gasteiger partial charge in [-0.25, -0.2) is 14.4 Å². The molecular weight excluding hydrogens is 917 g/mol. The van der Waals surface area contributed by atoms with Crippen LogP contribution in [0.3, 0.4) is 0 Å². The molecule has 0 spiro atoms. The first kappa shape index (κ1) is 55.7. The van der Waals surface area contributed by atoms with E-state index in [1.54, 1.807) is 89.8 Å². The molecule has 11 heteroatoms. The summed E-state index contributed by atoms with van der Waals surface area (Å²) in [7, 11) is 0. The molecule has 1 saturated heterocycles. The first-order chi connectivity index (χ1) is 35.8. The van der Waals surface area contributed by atoms with Crippen molar-refractivity contribution >= 4 is 29.5 Å². The largest absolute Gasteiger partial charge is 0.494 e. The van der Waals surface area contributed by atoms with Gasteiger partial charge in [-0.05, 0) is 134 Å². The lowest BCUT2D eigenvalue weighted by atomic mass is 10.1. The van der Waals surface area contributed by atoms with E-state index < -0.39 is 17.9 Å². The van der Waals surface area contributed by atoms with Gasteiger partial charge in [0.1, 0.15) is 28.7 Å². The highest BCUT2D eigenvalue weighted by atomic mass is 16.5. The first-order valence-corrected chi connectivity index (χ1v) is 27.3. The molecule has 1 amide bonds. The third kappa shape index (κ3) is 19.7. The molecule has 1 fully saturated rings. The second-order valence-electron chi connectivity index (χ2n) is 19.1. The average molecular weight is 995 g/mol. The van der Waals surface area contributed by atoms with Crippen LogP contribution in [0.15, 0.2) is 121 Å². The Kier molecular flexibility index (Phi) is 24.2. The zero-order chi connectivity index (χ0) is 51.3. The summed E-state index contributed by atoms with van der Waals surface area (Å²) in [5, 5.41) is 0. The van der Waals surface area contributed by atoms with Crippen molar-refractivity contribution in [2.45, 2.75) is 142 Å². The number of benzene rings is 5. The predicted molar refractivity (Wildman–Crippen MR) is 290 cm³/mol. The number of amides is 1. The number of carbonyl (C=O) groups excluding carboxylic acids is 4. The van der Waals surface area contributed by atoms with E-state index in [1.807, 2.05) is 24.3 Å². The lowest BCUT2D eigenvalue weighted by Crippen LogP contribution is -2.48. The number of nitrogens with zero attached hydrogens (tertiary/aromatic N) is 2. The van der Waals surface area contributed by atoms with Gasteiger partial charge in [-0.2, -0.15) is 0 Å². The number of unbranched alkanes of at least 4 members (excludes halogenated alkanes) is 18. The molecule has 390 valence electrons. The van der Waals surface area contributed by atoms with E-state index in [9.17, 15) is 19.2 Å². The molecule has 0 radical (unpaired) electrons. The summed E-state index contributed by atoms with van der Waals surface area (Å²) in [6.07, 6.45) is 25.5. The summed E-state index contributed by atoms with van der Waals surface area (Å²) >= 11 is 0. The maximum atomic E-state index is 13.4. The summed E-state index contributed by atoms with van der Waals surface area (Å²) in [6, 6.07) is 34.1. The van der Waals surface area contributed by atoms with Gasteiger partial charge in [0.15, 0.2) is 0 Å². The van der Waals surface area contributed by atoms with Crippen LogP contribution in [0, 0.1) is 0 Å². The third-order valence-electron chi connectivity index (χ3n) is 13.3. The molecule has 0 atom stereocenters. The molecule has 0 bridgehead atoms. The Morgan fingerprint density at radius 3 is 0.973 bits per heavy atom. The second-order valence-corrected chi connectivity index (χ2v) is 19.1. The molecule has 6 rings (SSSR count). The number of ether oxygens (including phenoxy) is 5. The lowest BCUT2D eigenvalue weighted by Gasteiger charge is -2.36. The molecule has 0 N–H and O–H groups in total. The first-order valence-electron chi connectivity index (χ1n) is 27.3. The molecule has 0 aromatic heterocycles. The van der Waals surface area contributed by atoms with E-state index in [4.69, 9.17) is 23.7 Å². The summed E-state index contributed by atoms with van der Waals surface area (Å²) in [4.78, 5) is 56.2. The van der Waals surface area contributed by atoms with Crippen molar-refractivity contribution in [3.8, 4) is 28.7 Å². The number of anilines is 1.